The van der Waals surface area contributed by atoms with Gasteiger partial charge in [0.2, 0.25) is 0 Å². The molecule has 22 heavy (non-hydrogen) atoms. The van der Waals surface area contributed by atoms with Gasteiger partial charge in [-0.3, -0.25) is 0 Å². The topological polar surface area (TPSA) is 38.7 Å². The fourth-order valence-corrected chi connectivity index (χ4v) is 6.03. The third-order valence-electron chi connectivity index (χ3n) is 3.52. The summed E-state index contributed by atoms with van der Waals surface area (Å²) < 4.78 is 0. The Bertz CT molecular complexity index is 633. The molecule has 0 saturated carbocycles. The summed E-state index contributed by atoms with van der Waals surface area (Å²) in [6.45, 7) is 3.97. The minimum absolute atomic E-state index is 0.790. The van der Waals surface area contributed by atoms with E-state index >= 15 is 0 Å². The van der Waals surface area contributed by atoms with Crippen LogP contribution in [0.15, 0.2) is 85.8 Å². The average Bonchev–Trinajstić information content (AvgIpc) is 2.62. The molecule has 4 heteroatoms. The molecule has 0 aromatic carbocycles. The highest BCUT2D eigenvalue weighted by atomic mass is 31.2. The first kappa shape index (κ1) is 14.6. The lowest BCUT2D eigenvalue weighted by Gasteiger charge is -2.22. The molecule has 3 heterocycles. The molecule has 3 rings (SSSR count). The molecule has 0 saturated heterocycles. The van der Waals surface area contributed by atoms with Gasteiger partial charge in [-0.25, -0.2) is 15.0 Å². The van der Waals surface area contributed by atoms with Crippen molar-refractivity contribution >= 4 is 23.6 Å². The Morgan fingerprint density at radius 3 is 1.41 bits per heavy atom. The van der Waals surface area contributed by atoms with Crippen molar-refractivity contribution in [2.45, 2.75) is 0 Å². The summed E-state index contributed by atoms with van der Waals surface area (Å²) in [6.07, 6.45) is 8.24. The predicted molar refractivity (Wildman–Crippen MR) is 93.6 cm³/mol. The minimum atomic E-state index is -2.00. The molecule has 0 amide bonds. The lowest BCUT2D eigenvalue weighted by atomic mass is 10.5. The first-order valence-corrected chi connectivity index (χ1v) is 9.09. The van der Waals surface area contributed by atoms with Crippen molar-refractivity contribution in [2.75, 3.05) is 6.16 Å². The maximum absolute atomic E-state index is 4.64. The number of nitrogens with zero attached hydrogens (tertiary/aromatic N) is 3. The zero-order valence-electron chi connectivity index (χ0n) is 12.2. The molecule has 3 aromatic rings. The zero-order chi connectivity index (χ0) is 15.3. The van der Waals surface area contributed by atoms with Gasteiger partial charge in [0.1, 0.15) is 0 Å². The molecular formula is C18H17N3P+. The Morgan fingerprint density at radius 1 is 0.727 bits per heavy atom. The molecule has 0 aliphatic rings. The zero-order valence-corrected chi connectivity index (χ0v) is 13.1. The quantitative estimate of drug-likeness (QED) is 0.536. The molecule has 0 aliphatic heterocycles. The number of allylic oxidation sites excluding steroid dienone is 1. The van der Waals surface area contributed by atoms with Crippen LogP contribution in [0.1, 0.15) is 0 Å². The summed E-state index contributed by atoms with van der Waals surface area (Å²) in [5, 5.41) is 0. The Balaban J connectivity index is 2.31. The van der Waals surface area contributed by atoms with Crippen LogP contribution in [0.4, 0.5) is 0 Å². The van der Waals surface area contributed by atoms with E-state index < -0.39 is 7.26 Å². The van der Waals surface area contributed by atoms with E-state index in [1.54, 1.807) is 0 Å². The molecule has 108 valence electrons. The van der Waals surface area contributed by atoms with E-state index in [0.29, 0.717) is 0 Å². The SMILES string of the molecule is C=CC[P+](c1ccccn1)(c1ccccn1)c1ccccn1. The highest BCUT2D eigenvalue weighted by Gasteiger charge is 2.48. The molecule has 0 fully saturated rings. The van der Waals surface area contributed by atoms with E-state index in [1.165, 1.54) is 0 Å². The summed E-state index contributed by atoms with van der Waals surface area (Å²) in [4.78, 5) is 13.9. The summed E-state index contributed by atoms with van der Waals surface area (Å²) in [6, 6.07) is 18.1. The van der Waals surface area contributed by atoms with Gasteiger partial charge in [-0.15, -0.1) is 0 Å². The molecule has 0 N–H and O–H groups in total. The Morgan fingerprint density at radius 2 is 1.14 bits per heavy atom. The standard InChI is InChI=1S/C18H17N3P/c1-2-15-22(16-9-3-6-12-19-16,17-10-4-7-13-20-17)18-11-5-8-14-21-18/h2-14H,1,15H2/q+1. The van der Waals surface area contributed by atoms with Crippen LogP contribution in [-0.4, -0.2) is 21.1 Å². The van der Waals surface area contributed by atoms with E-state index in [0.717, 1.165) is 22.5 Å². The van der Waals surface area contributed by atoms with Crippen molar-refractivity contribution in [3.05, 3.63) is 85.8 Å². The molecule has 0 spiro atoms. The number of pyridine rings is 3. The van der Waals surface area contributed by atoms with Crippen molar-refractivity contribution in [2.24, 2.45) is 0 Å². The first-order valence-electron chi connectivity index (χ1n) is 7.11. The van der Waals surface area contributed by atoms with Crippen LogP contribution >= 0.6 is 7.26 Å². The van der Waals surface area contributed by atoms with Crippen molar-refractivity contribution in [3.8, 4) is 0 Å². The van der Waals surface area contributed by atoms with Crippen LogP contribution in [0, 0.1) is 0 Å². The van der Waals surface area contributed by atoms with Gasteiger partial charge in [0.15, 0.2) is 23.6 Å². The van der Waals surface area contributed by atoms with E-state index in [4.69, 9.17) is 0 Å². The molecule has 0 radical (unpaired) electrons. The molecular weight excluding hydrogens is 289 g/mol. The second-order valence-electron chi connectivity index (χ2n) is 4.84. The summed E-state index contributed by atoms with van der Waals surface area (Å²) in [5.74, 6) is 0. The maximum atomic E-state index is 4.64. The predicted octanol–water partition coefficient (Wildman–Crippen LogP) is 2.35. The van der Waals surface area contributed by atoms with Crippen LogP contribution in [0.5, 0.6) is 0 Å². The summed E-state index contributed by atoms with van der Waals surface area (Å²) in [7, 11) is -2.00. The first-order chi connectivity index (χ1) is 10.9. The van der Waals surface area contributed by atoms with E-state index in [-0.39, 0.29) is 0 Å². The number of hydrogen-bond acceptors (Lipinski definition) is 3. The fourth-order valence-electron chi connectivity index (χ4n) is 2.56. The molecule has 3 aromatic heterocycles. The highest BCUT2D eigenvalue weighted by molar-refractivity contribution is 7.95. The molecule has 0 bridgehead atoms. The van der Waals surface area contributed by atoms with E-state index in [2.05, 4.69) is 39.7 Å². The van der Waals surface area contributed by atoms with Crippen molar-refractivity contribution in [1.29, 1.82) is 0 Å². The Labute approximate surface area is 131 Å². The number of hydrogen-bond donors (Lipinski definition) is 0. The largest absolute Gasteiger partial charge is 0.221 e. The van der Waals surface area contributed by atoms with Gasteiger partial charge in [0.05, 0.1) is 6.16 Å². The maximum Gasteiger partial charge on any atom is 0.196 e. The molecule has 3 nitrogen and oxygen atoms in total. The van der Waals surface area contributed by atoms with Gasteiger partial charge in [0.25, 0.3) is 0 Å². The summed E-state index contributed by atoms with van der Waals surface area (Å²) in [5.41, 5.74) is 3.10. The molecule has 0 unspecified atom stereocenters. The van der Waals surface area contributed by atoms with Crippen molar-refractivity contribution in [1.82, 2.24) is 15.0 Å². The van der Waals surface area contributed by atoms with E-state index in [9.17, 15) is 0 Å². The minimum Gasteiger partial charge on any atom is -0.221 e. The monoisotopic (exact) mass is 306 g/mol. The third kappa shape index (κ3) is 2.56. The second kappa shape index (κ2) is 6.59. The number of aromatic nitrogens is 3. The smallest absolute Gasteiger partial charge is 0.196 e. The van der Waals surface area contributed by atoms with Crippen LogP contribution in [0.2, 0.25) is 0 Å². The van der Waals surface area contributed by atoms with Gasteiger partial charge >= 0.3 is 0 Å². The molecule has 0 aliphatic carbocycles. The second-order valence-corrected chi connectivity index (χ2v) is 8.20. The van der Waals surface area contributed by atoms with Crippen molar-refractivity contribution in [3.63, 3.8) is 0 Å². The van der Waals surface area contributed by atoms with Crippen LogP contribution < -0.4 is 16.3 Å². The van der Waals surface area contributed by atoms with Crippen LogP contribution in [-0.2, 0) is 0 Å². The highest BCUT2D eigenvalue weighted by Crippen LogP contribution is 2.53. The third-order valence-corrected chi connectivity index (χ3v) is 7.47. The normalized spacial score (nSPS) is 11.1. The van der Waals surface area contributed by atoms with Crippen LogP contribution in [0.25, 0.3) is 0 Å². The average molecular weight is 306 g/mol. The van der Waals surface area contributed by atoms with E-state index in [1.807, 2.05) is 61.1 Å². The van der Waals surface area contributed by atoms with Gasteiger partial charge in [-0.05, 0) is 18.2 Å². The molecule has 0 atom stereocenters. The van der Waals surface area contributed by atoms with Gasteiger partial charge in [0, 0.05) is 36.8 Å². The lowest BCUT2D eigenvalue weighted by Crippen LogP contribution is -2.37. The van der Waals surface area contributed by atoms with Crippen LogP contribution in [0.3, 0.4) is 0 Å². The fraction of sp³-hybridized carbons (Fsp3) is 0.0556. The number of rotatable bonds is 5. The Kier molecular flexibility index (Phi) is 4.36. The summed E-state index contributed by atoms with van der Waals surface area (Å²) >= 11 is 0. The van der Waals surface area contributed by atoms with Crippen molar-refractivity contribution < 1.29 is 0 Å². The lowest BCUT2D eigenvalue weighted by molar-refractivity contribution is 1.33. The Hall–Kier alpha value is -2.38. The van der Waals surface area contributed by atoms with Gasteiger partial charge in [-0.2, -0.15) is 0 Å². The van der Waals surface area contributed by atoms with Gasteiger partial charge in [-0.1, -0.05) is 30.9 Å². The van der Waals surface area contributed by atoms with Gasteiger partial charge < -0.3 is 0 Å².